The summed E-state index contributed by atoms with van der Waals surface area (Å²) in [5.74, 6) is -0.324. The molecule has 0 aromatic heterocycles. The van der Waals surface area contributed by atoms with E-state index in [0.29, 0.717) is 12.3 Å². The zero-order valence-corrected chi connectivity index (χ0v) is 7.41. The molecule has 0 fully saturated rings. The lowest BCUT2D eigenvalue weighted by atomic mass is 10.3. The predicted molar refractivity (Wildman–Crippen MR) is 46.5 cm³/mol. The van der Waals surface area contributed by atoms with E-state index in [-0.39, 0.29) is 0 Å². The quantitative estimate of drug-likeness (QED) is 0.430. The Morgan fingerprint density at radius 2 is 2.50 bits per heavy atom. The molecule has 0 amide bonds. The molecule has 0 saturated heterocycles. The third kappa shape index (κ3) is 4.03. The van der Waals surface area contributed by atoms with Gasteiger partial charge in [0.2, 0.25) is 0 Å². The van der Waals surface area contributed by atoms with Crippen molar-refractivity contribution in [1.29, 1.82) is 0 Å². The maximum absolute atomic E-state index is 10.4. The molecule has 0 aliphatic heterocycles. The highest BCUT2D eigenvalue weighted by atomic mass is 33.1. The SMILES string of the molecule is CCN[C@H](CSS)C(=O)O. The van der Waals surface area contributed by atoms with Crippen LogP contribution in [0.25, 0.3) is 0 Å². The van der Waals surface area contributed by atoms with E-state index in [1.807, 2.05) is 6.92 Å². The summed E-state index contributed by atoms with van der Waals surface area (Å²) in [6, 6.07) is -0.465. The molecule has 0 aliphatic carbocycles. The minimum atomic E-state index is -0.816. The molecule has 0 radical (unpaired) electrons. The maximum Gasteiger partial charge on any atom is 0.321 e. The molecular weight excluding hydrogens is 170 g/mol. The largest absolute Gasteiger partial charge is 0.480 e. The van der Waals surface area contributed by atoms with Crippen LogP contribution >= 0.6 is 22.5 Å². The molecule has 1 atom stereocenters. The number of thiol groups is 1. The molecule has 0 saturated carbocycles. The Bertz CT molecular complexity index is 104. The van der Waals surface area contributed by atoms with Gasteiger partial charge in [-0.25, -0.2) is 0 Å². The number of nitrogens with one attached hydrogen (secondary N) is 1. The first-order valence-electron chi connectivity index (χ1n) is 2.95. The van der Waals surface area contributed by atoms with Gasteiger partial charge in [0.05, 0.1) is 0 Å². The van der Waals surface area contributed by atoms with Gasteiger partial charge in [-0.2, -0.15) is 0 Å². The summed E-state index contributed by atoms with van der Waals surface area (Å²) in [7, 11) is 1.23. The summed E-state index contributed by atoms with van der Waals surface area (Å²) >= 11 is 3.86. The second-order valence-corrected chi connectivity index (χ2v) is 3.11. The van der Waals surface area contributed by atoms with E-state index in [4.69, 9.17) is 5.11 Å². The summed E-state index contributed by atoms with van der Waals surface area (Å²) in [5, 5.41) is 11.3. The molecule has 2 N–H and O–H groups in total. The van der Waals surface area contributed by atoms with Crippen LogP contribution in [0.2, 0.25) is 0 Å². The molecule has 5 heteroatoms. The van der Waals surface area contributed by atoms with Gasteiger partial charge < -0.3 is 10.4 Å². The number of likely N-dealkylation sites (N-methyl/N-ethyl adjacent to an activating group) is 1. The van der Waals surface area contributed by atoms with Gasteiger partial charge in [-0.1, -0.05) is 17.7 Å². The first kappa shape index (κ1) is 10.1. The number of hydrogen-bond donors (Lipinski definition) is 3. The third-order valence-electron chi connectivity index (χ3n) is 0.990. The van der Waals surface area contributed by atoms with E-state index >= 15 is 0 Å². The topological polar surface area (TPSA) is 49.3 Å². The number of hydrogen-bond acceptors (Lipinski definition) is 4. The van der Waals surface area contributed by atoms with Crippen molar-refractivity contribution >= 4 is 28.4 Å². The van der Waals surface area contributed by atoms with Crippen LogP contribution in [0.1, 0.15) is 6.92 Å². The highest BCUT2D eigenvalue weighted by Gasteiger charge is 2.14. The Balaban J connectivity index is 3.61. The van der Waals surface area contributed by atoms with E-state index in [1.54, 1.807) is 0 Å². The van der Waals surface area contributed by atoms with Crippen LogP contribution < -0.4 is 5.32 Å². The predicted octanol–water partition coefficient (Wildman–Crippen LogP) is 0.627. The molecule has 0 aliphatic rings. The number of carbonyl (C=O) groups is 1. The van der Waals surface area contributed by atoms with E-state index in [0.717, 1.165) is 0 Å². The average molecular weight is 181 g/mol. The standard InChI is InChI=1S/C5H11NO2S2/c1-2-6-4(3-10-9)5(7)8/h4,6,9H,2-3H2,1H3,(H,7,8)/t4-/m1/s1. The minimum absolute atomic E-state index is 0.465. The molecule has 0 spiro atoms. The van der Waals surface area contributed by atoms with Crippen LogP contribution in [0.15, 0.2) is 0 Å². The number of rotatable bonds is 5. The lowest BCUT2D eigenvalue weighted by molar-refractivity contribution is -0.138. The van der Waals surface area contributed by atoms with Crippen LogP contribution in [0.5, 0.6) is 0 Å². The molecule has 10 heavy (non-hydrogen) atoms. The fourth-order valence-corrected chi connectivity index (χ4v) is 1.40. The second-order valence-electron chi connectivity index (χ2n) is 1.74. The van der Waals surface area contributed by atoms with Gasteiger partial charge in [0.1, 0.15) is 6.04 Å². The first-order chi connectivity index (χ1) is 4.72. The number of carboxylic acid groups (broad SMARTS) is 1. The van der Waals surface area contributed by atoms with Crippen molar-refractivity contribution in [2.45, 2.75) is 13.0 Å². The summed E-state index contributed by atoms with van der Waals surface area (Å²) in [6.07, 6.45) is 0. The maximum atomic E-state index is 10.4. The first-order valence-corrected chi connectivity index (χ1v) is 4.98. The van der Waals surface area contributed by atoms with Gasteiger partial charge in [0.15, 0.2) is 0 Å². The van der Waals surface area contributed by atoms with Crippen LogP contribution in [0.3, 0.4) is 0 Å². The van der Waals surface area contributed by atoms with Gasteiger partial charge in [0, 0.05) is 5.75 Å². The molecule has 0 heterocycles. The van der Waals surface area contributed by atoms with Crippen molar-refractivity contribution in [2.75, 3.05) is 12.3 Å². The van der Waals surface area contributed by atoms with Crippen molar-refractivity contribution in [3.05, 3.63) is 0 Å². The zero-order valence-electron chi connectivity index (χ0n) is 5.70. The van der Waals surface area contributed by atoms with Gasteiger partial charge >= 0.3 is 5.97 Å². The monoisotopic (exact) mass is 181 g/mol. The normalized spacial score (nSPS) is 13.0. The Kier molecular flexibility index (Phi) is 5.96. The second kappa shape index (κ2) is 5.88. The van der Waals surface area contributed by atoms with Crippen LogP contribution in [0, 0.1) is 0 Å². The number of carboxylic acids is 1. The van der Waals surface area contributed by atoms with E-state index in [1.165, 1.54) is 10.8 Å². The van der Waals surface area contributed by atoms with Crippen LogP contribution in [-0.2, 0) is 4.79 Å². The van der Waals surface area contributed by atoms with E-state index in [2.05, 4.69) is 17.0 Å². The smallest absolute Gasteiger partial charge is 0.321 e. The molecule has 0 rings (SSSR count). The fraction of sp³-hybridized carbons (Fsp3) is 0.800. The Hall–Kier alpha value is 0.130. The van der Waals surface area contributed by atoms with Crippen LogP contribution in [-0.4, -0.2) is 29.4 Å². The molecule has 0 bridgehead atoms. The molecule has 0 aromatic rings. The van der Waals surface area contributed by atoms with Crippen molar-refractivity contribution < 1.29 is 9.90 Å². The molecule has 60 valence electrons. The summed E-state index contributed by atoms with van der Waals surface area (Å²) in [5.41, 5.74) is 0. The molecule has 0 aromatic carbocycles. The minimum Gasteiger partial charge on any atom is -0.480 e. The van der Waals surface area contributed by atoms with Gasteiger partial charge in [-0.05, 0) is 6.54 Å². The number of aliphatic carboxylic acids is 1. The van der Waals surface area contributed by atoms with Crippen molar-refractivity contribution in [2.24, 2.45) is 0 Å². The van der Waals surface area contributed by atoms with Crippen molar-refractivity contribution in [3.63, 3.8) is 0 Å². The summed E-state index contributed by atoms with van der Waals surface area (Å²) < 4.78 is 0. The third-order valence-corrected chi connectivity index (χ3v) is 1.92. The van der Waals surface area contributed by atoms with Gasteiger partial charge in [-0.3, -0.25) is 4.79 Å². The fourth-order valence-electron chi connectivity index (χ4n) is 0.538. The van der Waals surface area contributed by atoms with Gasteiger partial charge in [0.25, 0.3) is 0 Å². The van der Waals surface area contributed by atoms with Crippen molar-refractivity contribution in [1.82, 2.24) is 5.32 Å². The molecule has 3 nitrogen and oxygen atoms in total. The highest BCUT2D eigenvalue weighted by Crippen LogP contribution is 2.06. The zero-order chi connectivity index (χ0) is 7.98. The van der Waals surface area contributed by atoms with Gasteiger partial charge in [-0.15, -0.1) is 11.7 Å². The van der Waals surface area contributed by atoms with E-state index < -0.39 is 12.0 Å². The lowest BCUT2D eigenvalue weighted by Crippen LogP contribution is -2.38. The molecular formula is C5H11NO2S2. The average Bonchev–Trinajstić information content (AvgIpc) is 1.87. The lowest BCUT2D eigenvalue weighted by Gasteiger charge is -2.09. The van der Waals surface area contributed by atoms with Crippen LogP contribution in [0.4, 0.5) is 0 Å². The summed E-state index contributed by atoms with van der Waals surface area (Å²) in [6.45, 7) is 2.55. The Morgan fingerprint density at radius 1 is 1.90 bits per heavy atom. The Morgan fingerprint density at radius 3 is 2.80 bits per heavy atom. The van der Waals surface area contributed by atoms with E-state index in [9.17, 15) is 4.79 Å². The Labute approximate surface area is 69.4 Å². The highest BCUT2D eigenvalue weighted by molar-refractivity contribution is 8.68. The summed E-state index contributed by atoms with van der Waals surface area (Å²) in [4.78, 5) is 10.4. The molecule has 0 unspecified atom stereocenters. The van der Waals surface area contributed by atoms with Crippen molar-refractivity contribution in [3.8, 4) is 0 Å².